The van der Waals surface area contributed by atoms with Crippen molar-refractivity contribution in [2.75, 3.05) is 12.8 Å². The van der Waals surface area contributed by atoms with Crippen LogP contribution in [0.25, 0.3) is 0 Å². The van der Waals surface area contributed by atoms with E-state index in [0.29, 0.717) is 21.4 Å². The maximum Gasteiger partial charge on any atom is 0.242 e. The van der Waals surface area contributed by atoms with Gasteiger partial charge in [0.2, 0.25) is 11.8 Å². The van der Waals surface area contributed by atoms with Crippen LogP contribution in [0, 0.1) is 5.82 Å². The van der Waals surface area contributed by atoms with Crippen molar-refractivity contribution in [3.8, 4) is 0 Å². The Morgan fingerprint density at radius 1 is 1.18 bits per heavy atom. The first kappa shape index (κ1) is 22.5. The summed E-state index contributed by atoms with van der Waals surface area (Å²) in [6.45, 7) is 1.87. The lowest BCUT2D eigenvalue weighted by molar-refractivity contribution is -0.138. The minimum absolute atomic E-state index is 0.184. The highest BCUT2D eigenvalue weighted by Gasteiger charge is 2.26. The zero-order valence-electron chi connectivity index (χ0n) is 15.5. The standard InChI is InChI=1S/C20H21Cl2FN2O2S/c1-13(20(27)24-2)25(10-15-5-6-16(21)9-18(15)22)19(26)12-28-11-14-3-7-17(23)8-4-14/h3-9,13H,10-12H2,1-2H3,(H,24,27)/t13-/m0/s1. The van der Waals surface area contributed by atoms with Crippen molar-refractivity contribution < 1.29 is 14.0 Å². The third-order valence-corrected chi connectivity index (χ3v) is 5.75. The summed E-state index contributed by atoms with van der Waals surface area (Å²) in [4.78, 5) is 26.4. The second-order valence-corrected chi connectivity index (χ2v) is 8.00. The van der Waals surface area contributed by atoms with Crippen LogP contribution in [-0.2, 0) is 21.9 Å². The number of hydrogen-bond donors (Lipinski definition) is 1. The maximum absolute atomic E-state index is 13.0. The van der Waals surface area contributed by atoms with Crippen LogP contribution < -0.4 is 5.32 Å². The van der Waals surface area contributed by atoms with Crippen LogP contribution in [0.5, 0.6) is 0 Å². The van der Waals surface area contributed by atoms with Crippen LogP contribution in [0.2, 0.25) is 10.0 Å². The Labute approximate surface area is 178 Å². The molecule has 2 aromatic carbocycles. The zero-order valence-corrected chi connectivity index (χ0v) is 17.9. The maximum atomic E-state index is 13.0. The molecule has 8 heteroatoms. The van der Waals surface area contributed by atoms with Crippen LogP contribution in [0.4, 0.5) is 4.39 Å². The average molecular weight is 443 g/mol. The molecule has 0 heterocycles. The van der Waals surface area contributed by atoms with Gasteiger partial charge in [-0.3, -0.25) is 9.59 Å². The first-order chi connectivity index (χ1) is 13.3. The van der Waals surface area contributed by atoms with Gasteiger partial charge in [-0.15, -0.1) is 11.8 Å². The van der Waals surface area contributed by atoms with Gasteiger partial charge in [-0.05, 0) is 42.3 Å². The van der Waals surface area contributed by atoms with Crippen molar-refractivity contribution in [1.82, 2.24) is 10.2 Å². The quantitative estimate of drug-likeness (QED) is 0.653. The summed E-state index contributed by atoms with van der Waals surface area (Å²) in [6, 6.07) is 10.5. The molecule has 2 rings (SSSR count). The normalized spacial score (nSPS) is 11.8. The predicted molar refractivity (Wildman–Crippen MR) is 113 cm³/mol. The van der Waals surface area contributed by atoms with Crippen LogP contribution in [-0.4, -0.2) is 35.6 Å². The Hall–Kier alpha value is -1.76. The molecule has 0 saturated heterocycles. The summed E-state index contributed by atoms with van der Waals surface area (Å²) >= 11 is 13.6. The first-order valence-corrected chi connectivity index (χ1v) is 10.5. The number of thioether (sulfide) groups is 1. The second-order valence-electron chi connectivity index (χ2n) is 6.17. The Morgan fingerprint density at radius 3 is 2.46 bits per heavy atom. The summed E-state index contributed by atoms with van der Waals surface area (Å²) in [5.74, 6) is 0.00581. The molecule has 0 radical (unpaired) electrons. The van der Waals surface area contributed by atoms with E-state index in [4.69, 9.17) is 23.2 Å². The van der Waals surface area contributed by atoms with E-state index in [1.165, 1.54) is 35.8 Å². The van der Waals surface area contributed by atoms with Crippen molar-refractivity contribution in [2.24, 2.45) is 0 Å². The van der Waals surface area contributed by atoms with Gasteiger partial charge < -0.3 is 10.2 Å². The molecule has 0 aromatic heterocycles. The monoisotopic (exact) mass is 442 g/mol. The fourth-order valence-corrected chi connectivity index (χ4v) is 3.88. The number of carbonyl (C=O) groups is 2. The predicted octanol–water partition coefficient (Wildman–Crippen LogP) is 4.53. The summed E-state index contributed by atoms with van der Waals surface area (Å²) in [5.41, 5.74) is 1.63. The Bertz CT molecular complexity index is 833. The van der Waals surface area contributed by atoms with Crippen molar-refractivity contribution in [3.05, 3.63) is 69.5 Å². The molecule has 0 fully saturated rings. The highest BCUT2D eigenvalue weighted by molar-refractivity contribution is 7.99. The van der Waals surface area contributed by atoms with Gasteiger partial charge >= 0.3 is 0 Å². The molecule has 0 bridgehead atoms. The molecule has 0 aliphatic heterocycles. The van der Waals surface area contributed by atoms with Crippen molar-refractivity contribution >= 4 is 46.8 Å². The Balaban J connectivity index is 2.07. The average Bonchev–Trinajstić information content (AvgIpc) is 2.67. The van der Waals surface area contributed by atoms with E-state index in [2.05, 4.69) is 5.32 Å². The van der Waals surface area contributed by atoms with Gasteiger partial charge in [0.15, 0.2) is 0 Å². The largest absolute Gasteiger partial charge is 0.357 e. The van der Waals surface area contributed by atoms with Crippen LogP contribution in [0.15, 0.2) is 42.5 Å². The van der Waals surface area contributed by atoms with Crippen molar-refractivity contribution in [3.63, 3.8) is 0 Å². The lowest BCUT2D eigenvalue weighted by atomic mass is 10.1. The van der Waals surface area contributed by atoms with Gasteiger partial charge in [0.25, 0.3) is 0 Å². The van der Waals surface area contributed by atoms with E-state index in [1.54, 1.807) is 37.3 Å². The SMILES string of the molecule is CNC(=O)[C@H](C)N(Cc1ccc(Cl)cc1Cl)C(=O)CSCc1ccc(F)cc1. The fourth-order valence-electron chi connectivity index (χ4n) is 2.54. The van der Waals surface area contributed by atoms with Gasteiger partial charge in [0.05, 0.1) is 5.75 Å². The lowest BCUT2D eigenvalue weighted by Gasteiger charge is -2.28. The van der Waals surface area contributed by atoms with E-state index in [-0.39, 0.29) is 29.9 Å². The van der Waals surface area contributed by atoms with Gasteiger partial charge in [0, 0.05) is 29.4 Å². The second kappa shape index (κ2) is 10.7. The number of carbonyl (C=O) groups excluding carboxylic acids is 2. The molecule has 1 N–H and O–H groups in total. The molecule has 0 aliphatic carbocycles. The first-order valence-electron chi connectivity index (χ1n) is 8.59. The van der Waals surface area contributed by atoms with Gasteiger partial charge in [-0.1, -0.05) is 41.4 Å². The summed E-state index contributed by atoms with van der Waals surface area (Å²) < 4.78 is 13.0. The van der Waals surface area contributed by atoms with E-state index in [9.17, 15) is 14.0 Å². The molecular weight excluding hydrogens is 422 g/mol. The van der Waals surface area contributed by atoms with Crippen molar-refractivity contribution in [1.29, 1.82) is 0 Å². The molecule has 0 saturated carbocycles. The molecule has 4 nitrogen and oxygen atoms in total. The topological polar surface area (TPSA) is 49.4 Å². The van der Waals surface area contributed by atoms with E-state index in [1.807, 2.05) is 0 Å². The minimum atomic E-state index is -0.657. The third kappa shape index (κ3) is 6.40. The highest BCUT2D eigenvalue weighted by Crippen LogP contribution is 2.24. The molecule has 2 amide bonds. The number of amides is 2. The molecular formula is C20H21Cl2FN2O2S. The molecule has 1 atom stereocenters. The molecule has 2 aromatic rings. The van der Waals surface area contributed by atoms with E-state index >= 15 is 0 Å². The summed E-state index contributed by atoms with van der Waals surface area (Å²) in [6.07, 6.45) is 0. The van der Waals surface area contributed by atoms with Crippen LogP contribution in [0.1, 0.15) is 18.1 Å². The third-order valence-electron chi connectivity index (χ3n) is 4.18. The van der Waals surface area contributed by atoms with E-state index < -0.39 is 6.04 Å². The molecule has 0 aliphatic rings. The highest BCUT2D eigenvalue weighted by atomic mass is 35.5. The number of hydrogen-bond acceptors (Lipinski definition) is 3. The number of likely N-dealkylation sites (N-methyl/N-ethyl adjacent to an activating group) is 1. The number of rotatable bonds is 8. The fraction of sp³-hybridized carbons (Fsp3) is 0.300. The summed E-state index contributed by atoms with van der Waals surface area (Å²) in [7, 11) is 1.53. The number of nitrogens with one attached hydrogen (secondary N) is 1. The number of halogens is 3. The van der Waals surface area contributed by atoms with Crippen LogP contribution >= 0.6 is 35.0 Å². The van der Waals surface area contributed by atoms with Crippen LogP contribution in [0.3, 0.4) is 0 Å². The molecule has 150 valence electrons. The number of nitrogens with zero attached hydrogens (tertiary/aromatic N) is 1. The molecule has 0 unspecified atom stereocenters. The Morgan fingerprint density at radius 2 is 1.86 bits per heavy atom. The number of benzene rings is 2. The molecule has 0 spiro atoms. The molecule has 28 heavy (non-hydrogen) atoms. The van der Waals surface area contributed by atoms with Crippen molar-refractivity contribution in [2.45, 2.75) is 25.3 Å². The van der Waals surface area contributed by atoms with E-state index in [0.717, 1.165) is 5.56 Å². The Kier molecular flexibility index (Phi) is 8.60. The van der Waals surface area contributed by atoms with Gasteiger partial charge in [0.1, 0.15) is 11.9 Å². The lowest BCUT2D eigenvalue weighted by Crippen LogP contribution is -2.47. The van der Waals surface area contributed by atoms with Gasteiger partial charge in [-0.2, -0.15) is 0 Å². The smallest absolute Gasteiger partial charge is 0.242 e. The minimum Gasteiger partial charge on any atom is -0.357 e. The van der Waals surface area contributed by atoms with Gasteiger partial charge in [-0.25, -0.2) is 4.39 Å². The zero-order chi connectivity index (χ0) is 20.7. The summed E-state index contributed by atoms with van der Waals surface area (Å²) in [5, 5.41) is 3.51.